The summed E-state index contributed by atoms with van der Waals surface area (Å²) in [6.07, 6.45) is -1.48. The number of hydrogen-bond acceptors (Lipinski definition) is 3. The highest BCUT2D eigenvalue weighted by atomic mass is 19.4. The number of nitrogens with one attached hydrogen (secondary N) is 1. The zero-order valence-electron chi connectivity index (χ0n) is 14.7. The summed E-state index contributed by atoms with van der Waals surface area (Å²) in [6, 6.07) is 7.18. The molecule has 1 aromatic heterocycles. The number of hydrogen-bond donors (Lipinski definition) is 1. The smallest absolute Gasteiger partial charge is 0.339 e. The summed E-state index contributed by atoms with van der Waals surface area (Å²) >= 11 is 0. The Kier molecular flexibility index (Phi) is 4.67. The fourth-order valence-electron chi connectivity index (χ4n) is 4.10. The minimum atomic E-state index is -4.51. The highest BCUT2D eigenvalue weighted by molar-refractivity contribution is 5.94. The van der Waals surface area contributed by atoms with Gasteiger partial charge in [0.1, 0.15) is 5.69 Å². The Labute approximate surface area is 155 Å². The van der Waals surface area contributed by atoms with Crippen molar-refractivity contribution in [1.82, 2.24) is 20.0 Å². The quantitative estimate of drug-likeness (QED) is 0.874. The number of carbonyl (C=O) groups excluding carboxylic acids is 1. The molecule has 0 unspecified atom stereocenters. The zero-order chi connectivity index (χ0) is 19.0. The van der Waals surface area contributed by atoms with Crippen molar-refractivity contribution in [2.24, 2.45) is 11.8 Å². The number of benzene rings is 1. The monoisotopic (exact) mass is 378 g/mol. The SMILES string of the molecule is O=C(c1cccc(-n2nccc2C(F)(F)F)c1)N1CC[C@@H]2CNC[C@@H]2CC1. The summed E-state index contributed by atoms with van der Waals surface area (Å²) in [7, 11) is 0. The van der Waals surface area contributed by atoms with Gasteiger partial charge in [-0.15, -0.1) is 0 Å². The van der Waals surface area contributed by atoms with Gasteiger partial charge in [0.2, 0.25) is 0 Å². The number of rotatable bonds is 2. The molecule has 0 bridgehead atoms. The predicted molar refractivity (Wildman–Crippen MR) is 93.6 cm³/mol. The average Bonchev–Trinajstić information content (AvgIpc) is 3.27. The molecule has 2 fully saturated rings. The summed E-state index contributed by atoms with van der Waals surface area (Å²) in [5.74, 6) is 1.07. The second kappa shape index (κ2) is 6.99. The molecule has 1 N–H and O–H groups in total. The molecular formula is C19H21F3N4O. The maximum atomic E-state index is 13.1. The first-order chi connectivity index (χ1) is 12.9. The van der Waals surface area contributed by atoms with Crippen LogP contribution < -0.4 is 5.32 Å². The van der Waals surface area contributed by atoms with Crippen LogP contribution in [0, 0.1) is 11.8 Å². The van der Waals surface area contributed by atoms with Crippen molar-refractivity contribution in [2.45, 2.75) is 19.0 Å². The average molecular weight is 378 g/mol. The van der Waals surface area contributed by atoms with Crippen LogP contribution in [0.1, 0.15) is 28.9 Å². The third-order valence-corrected chi connectivity index (χ3v) is 5.58. The molecule has 0 aliphatic carbocycles. The van der Waals surface area contributed by atoms with E-state index in [2.05, 4.69) is 10.4 Å². The van der Waals surface area contributed by atoms with Gasteiger partial charge < -0.3 is 10.2 Å². The summed E-state index contributed by atoms with van der Waals surface area (Å²) < 4.78 is 40.2. The van der Waals surface area contributed by atoms with E-state index in [-0.39, 0.29) is 11.6 Å². The molecule has 0 saturated carbocycles. The number of halogens is 3. The molecule has 5 nitrogen and oxygen atoms in total. The van der Waals surface area contributed by atoms with Crippen molar-refractivity contribution >= 4 is 5.91 Å². The fourth-order valence-corrected chi connectivity index (χ4v) is 4.10. The first kappa shape index (κ1) is 18.0. The second-order valence-corrected chi connectivity index (χ2v) is 7.22. The number of nitrogens with zero attached hydrogens (tertiary/aromatic N) is 3. The molecule has 2 atom stereocenters. The molecule has 2 aliphatic rings. The van der Waals surface area contributed by atoms with Crippen LogP contribution >= 0.6 is 0 Å². The first-order valence-corrected chi connectivity index (χ1v) is 9.15. The molecule has 1 aromatic carbocycles. The molecule has 1 amide bonds. The van der Waals surface area contributed by atoms with E-state index in [0.29, 0.717) is 30.5 Å². The number of carbonyl (C=O) groups is 1. The molecule has 144 valence electrons. The molecule has 4 rings (SSSR count). The summed E-state index contributed by atoms with van der Waals surface area (Å²) in [5, 5.41) is 7.19. The van der Waals surface area contributed by atoms with Crippen molar-refractivity contribution in [3.8, 4) is 5.69 Å². The van der Waals surface area contributed by atoms with Crippen molar-refractivity contribution in [3.63, 3.8) is 0 Å². The third-order valence-electron chi connectivity index (χ3n) is 5.58. The lowest BCUT2D eigenvalue weighted by Crippen LogP contribution is -2.32. The minimum Gasteiger partial charge on any atom is -0.339 e. The van der Waals surface area contributed by atoms with E-state index in [4.69, 9.17) is 0 Å². The number of fused-ring (bicyclic) bond motifs is 1. The number of likely N-dealkylation sites (tertiary alicyclic amines) is 1. The van der Waals surface area contributed by atoms with Gasteiger partial charge >= 0.3 is 6.18 Å². The van der Waals surface area contributed by atoms with Gasteiger partial charge in [0, 0.05) is 18.7 Å². The zero-order valence-corrected chi connectivity index (χ0v) is 14.7. The van der Waals surface area contributed by atoms with E-state index in [0.717, 1.165) is 42.9 Å². The molecule has 0 radical (unpaired) electrons. The van der Waals surface area contributed by atoms with Gasteiger partial charge in [-0.05, 0) is 62.0 Å². The molecule has 2 saturated heterocycles. The summed E-state index contributed by atoms with van der Waals surface area (Å²) in [6.45, 7) is 3.37. The number of alkyl halides is 3. The van der Waals surface area contributed by atoms with Crippen molar-refractivity contribution in [3.05, 3.63) is 47.8 Å². The molecule has 0 spiro atoms. The lowest BCUT2D eigenvalue weighted by atomic mass is 9.92. The maximum Gasteiger partial charge on any atom is 0.433 e. The molecule has 27 heavy (non-hydrogen) atoms. The Morgan fingerprint density at radius 3 is 2.48 bits per heavy atom. The molecule has 2 aromatic rings. The van der Waals surface area contributed by atoms with Crippen molar-refractivity contribution in [1.29, 1.82) is 0 Å². The molecule has 3 heterocycles. The number of amides is 1. The standard InChI is InChI=1S/C19H21F3N4O/c20-19(21,22)17-4-7-24-26(17)16-3-1-2-13(10-16)18(27)25-8-5-14-11-23-12-15(14)6-9-25/h1-4,7,10,14-15,23H,5-6,8-9,11-12H2/t14-,15+. The van der Waals surface area contributed by atoms with E-state index in [9.17, 15) is 18.0 Å². The van der Waals surface area contributed by atoms with Crippen LogP contribution in [0.25, 0.3) is 5.69 Å². The van der Waals surface area contributed by atoms with Gasteiger partial charge in [-0.1, -0.05) is 6.07 Å². The van der Waals surface area contributed by atoms with Gasteiger partial charge in [0.05, 0.1) is 11.9 Å². The van der Waals surface area contributed by atoms with Gasteiger partial charge in [0.25, 0.3) is 5.91 Å². The Balaban J connectivity index is 1.56. The Morgan fingerprint density at radius 1 is 1.11 bits per heavy atom. The lowest BCUT2D eigenvalue weighted by Gasteiger charge is -2.21. The van der Waals surface area contributed by atoms with Crippen LogP contribution in [-0.4, -0.2) is 46.8 Å². The van der Waals surface area contributed by atoms with Crippen LogP contribution in [0.2, 0.25) is 0 Å². The van der Waals surface area contributed by atoms with Gasteiger partial charge in [0.15, 0.2) is 0 Å². The van der Waals surface area contributed by atoms with Gasteiger partial charge in [-0.25, -0.2) is 4.68 Å². The normalized spacial score (nSPS) is 23.1. The largest absolute Gasteiger partial charge is 0.433 e. The van der Waals surface area contributed by atoms with Crippen LogP contribution in [0.3, 0.4) is 0 Å². The van der Waals surface area contributed by atoms with E-state index in [1.807, 2.05) is 4.90 Å². The molecule has 2 aliphatic heterocycles. The molecule has 8 heteroatoms. The Morgan fingerprint density at radius 2 is 1.81 bits per heavy atom. The molecular weight excluding hydrogens is 357 g/mol. The topological polar surface area (TPSA) is 50.2 Å². The van der Waals surface area contributed by atoms with Crippen LogP contribution in [0.5, 0.6) is 0 Å². The second-order valence-electron chi connectivity index (χ2n) is 7.22. The summed E-state index contributed by atoms with van der Waals surface area (Å²) in [5.41, 5.74) is -0.238. The van der Waals surface area contributed by atoms with E-state index in [1.54, 1.807) is 12.1 Å². The fraction of sp³-hybridized carbons (Fsp3) is 0.474. The Bertz CT molecular complexity index is 818. The van der Waals surface area contributed by atoms with Crippen molar-refractivity contribution in [2.75, 3.05) is 26.2 Å². The first-order valence-electron chi connectivity index (χ1n) is 9.15. The van der Waals surface area contributed by atoms with Crippen LogP contribution in [0.15, 0.2) is 36.5 Å². The van der Waals surface area contributed by atoms with E-state index >= 15 is 0 Å². The van der Waals surface area contributed by atoms with E-state index < -0.39 is 11.9 Å². The Hall–Kier alpha value is -2.35. The van der Waals surface area contributed by atoms with E-state index in [1.165, 1.54) is 12.1 Å². The van der Waals surface area contributed by atoms with Gasteiger partial charge in [-0.3, -0.25) is 4.79 Å². The third kappa shape index (κ3) is 3.58. The van der Waals surface area contributed by atoms with Crippen LogP contribution in [-0.2, 0) is 6.18 Å². The number of aromatic nitrogens is 2. The van der Waals surface area contributed by atoms with Crippen LogP contribution in [0.4, 0.5) is 13.2 Å². The highest BCUT2D eigenvalue weighted by Gasteiger charge is 2.35. The maximum absolute atomic E-state index is 13.1. The highest BCUT2D eigenvalue weighted by Crippen LogP contribution is 2.31. The summed E-state index contributed by atoms with van der Waals surface area (Å²) in [4.78, 5) is 14.8. The van der Waals surface area contributed by atoms with Crippen molar-refractivity contribution < 1.29 is 18.0 Å². The van der Waals surface area contributed by atoms with Gasteiger partial charge in [-0.2, -0.15) is 18.3 Å². The lowest BCUT2D eigenvalue weighted by molar-refractivity contribution is -0.142. The minimum absolute atomic E-state index is 0.134. The predicted octanol–water partition coefficient (Wildman–Crippen LogP) is 2.96.